The van der Waals surface area contributed by atoms with E-state index in [-0.39, 0.29) is 11.8 Å². The standard InChI is InChI=1S/C17H29N5O2S/c1-3-21(4-2)16(23)12-20-8-5-9-22(11-10-20)17(24)14-13-25-15(19-14)6-7-18/h13H,3-12,18H2,1-2H3. The molecule has 8 heteroatoms. The van der Waals surface area contributed by atoms with E-state index in [1.54, 1.807) is 0 Å². The Hall–Kier alpha value is -1.51. The Kier molecular flexibility index (Phi) is 7.80. The molecule has 1 aliphatic rings. The van der Waals surface area contributed by atoms with E-state index in [4.69, 9.17) is 5.73 Å². The van der Waals surface area contributed by atoms with Gasteiger partial charge in [0.15, 0.2) is 0 Å². The van der Waals surface area contributed by atoms with Crippen LogP contribution in [0.1, 0.15) is 35.8 Å². The second-order valence-electron chi connectivity index (χ2n) is 6.15. The minimum absolute atomic E-state index is 0.0172. The third kappa shape index (κ3) is 5.49. The molecule has 2 amide bonds. The van der Waals surface area contributed by atoms with Gasteiger partial charge in [-0.2, -0.15) is 0 Å². The van der Waals surface area contributed by atoms with Crippen LogP contribution < -0.4 is 5.73 Å². The monoisotopic (exact) mass is 367 g/mol. The molecule has 1 aliphatic heterocycles. The van der Waals surface area contributed by atoms with Crippen LogP contribution in [0, 0.1) is 0 Å². The lowest BCUT2D eigenvalue weighted by Gasteiger charge is -2.25. The summed E-state index contributed by atoms with van der Waals surface area (Å²) in [5.74, 6) is 0.146. The maximum absolute atomic E-state index is 12.6. The summed E-state index contributed by atoms with van der Waals surface area (Å²) in [5.41, 5.74) is 6.06. The molecule has 0 spiro atoms. The van der Waals surface area contributed by atoms with Gasteiger partial charge in [-0.05, 0) is 26.8 Å². The minimum Gasteiger partial charge on any atom is -0.342 e. The van der Waals surface area contributed by atoms with E-state index in [1.807, 2.05) is 29.0 Å². The lowest BCUT2D eigenvalue weighted by Crippen LogP contribution is -2.42. The van der Waals surface area contributed by atoms with Crippen molar-refractivity contribution in [2.75, 3.05) is 52.4 Å². The molecule has 1 saturated heterocycles. The van der Waals surface area contributed by atoms with Gasteiger partial charge >= 0.3 is 0 Å². The molecule has 7 nitrogen and oxygen atoms in total. The van der Waals surface area contributed by atoms with Crippen LogP contribution in [0.4, 0.5) is 0 Å². The number of nitrogens with zero attached hydrogens (tertiary/aromatic N) is 4. The molecule has 0 bridgehead atoms. The second kappa shape index (κ2) is 9.84. The molecule has 0 atom stereocenters. The maximum atomic E-state index is 12.6. The van der Waals surface area contributed by atoms with Gasteiger partial charge in [0.2, 0.25) is 5.91 Å². The lowest BCUT2D eigenvalue weighted by molar-refractivity contribution is -0.132. The van der Waals surface area contributed by atoms with Crippen LogP contribution in [0.5, 0.6) is 0 Å². The maximum Gasteiger partial charge on any atom is 0.273 e. The largest absolute Gasteiger partial charge is 0.342 e. The Bertz CT molecular complexity index is 573. The smallest absolute Gasteiger partial charge is 0.273 e. The van der Waals surface area contributed by atoms with Crippen molar-refractivity contribution in [3.63, 3.8) is 0 Å². The molecule has 2 heterocycles. The van der Waals surface area contributed by atoms with Crippen LogP contribution >= 0.6 is 11.3 Å². The van der Waals surface area contributed by atoms with Crippen LogP contribution in [0.2, 0.25) is 0 Å². The summed E-state index contributed by atoms with van der Waals surface area (Å²) in [4.78, 5) is 35.2. The van der Waals surface area contributed by atoms with Gasteiger partial charge in [-0.25, -0.2) is 4.98 Å². The second-order valence-corrected chi connectivity index (χ2v) is 7.10. The first kappa shape index (κ1) is 19.8. The zero-order chi connectivity index (χ0) is 18.2. The summed E-state index contributed by atoms with van der Waals surface area (Å²) in [5, 5.41) is 2.73. The van der Waals surface area contributed by atoms with Gasteiger partial charge in [0, 0.05) is 51.1 Å². The number of rotatable bonds is 7. The van der Waals surface area contributed by atoms with Gasteiger partial charge in [-0.15, -0.1) is 11.3 Å². The molecule has 25 heavy (non-hydrogen) atoms. The quantitative estimate of drug-likeness (QED) is 0.765. The number of nitrogens with two attached hydrogens (primary N) is 1. The molecular formula is C17H29N5O2S. The van der Waals surface area contributed by atoms with Crippen molar-refractivity contribution >= 4 is 23.2 Å². The molecule has 1 aromatic rings. The highest BCUT2D eigenvalue weighted by Crippen LogP contribution is 2.14. The van der Waals surface area contributed by atoms with Gasteiger partial charge < -0.3 is 15.5 Å². The summed E-state index contributed by atoms with van der Waals surface area (Å²) in [6.07, 6.45) is 1.58. The number of amides is 2. The summed E-state index contributed by atoms with van der Waals surface area (Å²) in [6.45, 7) is 9.35. The number of carbonyl (C=O) groups is 2. The van der Waals surface area contributed by atoms with Crippen LogP contribution in [0.3, 0.4) is 0 Å². The Morgan fingerprint density at radius 1 is 1.24 bits per heavy atom. The number of aromatic nitrogens is 1. The van der Waals surface area contributed by atoms with Crippen LogP contribution in [-0.2, 0) is 11.2 Å². The Labute approximate surface area is 153 Å². The Morgan fingerprint density at radius 3 is 2.68 bits per heavy atom. The van der Waals surface area contributed by atoms with Gasteiger partial charge in [-0.3, -0.25) is 14.5 Å². The van der Waals surface area contributed by atoms with Crippen molar-refractivity contribution < 1.29 is 9.59 Å². The normalized spacial score (nSPS) is 15.9. The van der Waals surface area contributed by atoms with E-state index >= 15 is 0 Å². The summed E-state index contributed by atoms with van der Waals surface area (Å²) in [6, 6.07) is 0. The van der Waals surface area contributed by atoms with E-state index in [0.29, 0.717) is 38.3 Å². The third-order valence-corrected chi connectivity index (χ3v) is 5.39. The third-order valence-electron chi connectivity index (χ3n) is 4.48. The van der Waals surface area contributed by atoms with E-state index in [1.165, 1.54) is 11.3 Å². The average Bonchev–Trinajstić information content (AvgIpc) is 2.94. The molecule has 2 rings (SSSR count). The first-order valence-electron chi connectivity index (χ1n) is 9.02. The van der Waals surface area contributed by atoms with E-state index < -0.39 is 0 Å². The number of hydrogen-bond acceptors (Lipinski definition) is 6. The van der Waals surface area contributed by atoms with Crippen molar-refractivity contribution in [1.82, 2.24) is 19.7 Å². The number of hydrogen-bond donors (Lipinski definition) is 1. The molecule has 0 saturated carbocycles. The molecule has 0 radical (unpaired) electrons. The van der Waals surface area contributed by atoms with Crippen LogP contribution in [0.15, 0.2) is 5.38 Å². The van der Waals surface area contributed by atoms with Gasteiger partial charge in [0.05, 0.1) is 11.6 Å². The fourth-order valence-electron chi connectivity index (χ4n) is 3.01. The topological polar surface area (TPSA) is 82.8 Å². The molecule has 1 fully saturated rings. The highest BCUT2D eigenvalue weighted by molar-refractivity contribution is 7.09. The zero-order valence-electron chi connectivity index (χ0n) is 15.2. The number of thiazole rings is 1. The summed E-state index contributed by atoms with van der Waals surface area (Å²) in [7, 11) is 0. The highest BCUT2D eigenvalue weighted by Gasteiger charge is 2.23. The lowest BCUT2D eigenvalue weighted by atomic mass is 10.3. The van der Waals surface area contributed by atoms with Gasteiger partial charge in [0.1, 0.15) is 5.69 Å². The molecule has 0 aromatic carbocycles. The fourth-order valence-corrected chi connectivity index (χ4v) is 3.80. The van der Waals surface area contributed by atoms with Gasteiger partial charge in [0.25, 0.3) is 5.91 Å². The van der Waals surface area contributed by atoms with E-state index in [0.717, 1.165) is 37.6 Å². The highest BCUT2D eigenvalue weighted by atomic mass is 32.1. The first-order valence-corrected chi connectivity index (χ1v) is 9.90. The number of carbonyl (C=O) groups excluding carboxylic acids is 2. The fraction of sp³-hybridized carbons (Fsp3) is 0.706. The average molecular weight is 368 g/mol. The summed E-state index contributed by atoms with van der Waals surface area (Å²) >= 11 is 1.49. The predicted octanol–water partition coefficient (Wildman–Crippen LogP) is 0.661. The minimum atomic E-state index is -0.0172. The van der Waals surface area contributed by atoms with Crippen molar-refractivity contribution in [3.05, 3.63) is 16.1 Å². The van der Waals surface area contributed by atoms with E-state index in [9.17, 15) is 9.59 Å². The zero-order valence-corrected chi connectivity index (χ0v) is 16.1. The first-order chi connectivity index (χ1) is 12.1. The summed E-state index contributed by atoms with van der Waals surface area (Å²) < 4.78 is 0. The molecule has 0 unspecified atom stereocenters. The van der Waals surface area contributed by atoms with Crippen molar-refractivity contribution in [1.29, 1.82) is 0 Å². The van der Waals surface area contributed by atoms with Crippen LogP contribution in [0.25, 0.3) is 0 Å². The van der Waals surface area contributed by atoms with Gasteiger partial charge in [-0.1, -0.05) is 0 Å². The van der Waals surface area contributed by atoms with Crippen LogP contribution in [-0.4, -0.2) is 83.9 Å². The Morgan fingerprint density at radius 2 is 2.00 bits per heavy atom. The predicted molar refractivity (Wildman–Crippen MR) is 99.8 cm³/mol. The molecular weight excluding hydrogens is 338 g/mol. The molecule has 2 N–H and O–H groups in total. The molecule has 140 valence electrons. The Balaban J connectivity index is 1.89. The SMILES string of the molecule is CCN(CC)C(=O)CN1CCCN(C(=O)c2csc(CCN)n2)CC1. The van der Waals surface area contributed by atoms with E-state index in [2.05, 4.69) is 9.88 Å². The molecule has 1 aromatic heterocycles. The van der Waals surface area contributed by atoms with Crippen molar-refractivity contribution in [2.45, 2.75) is 26.7 Å². The van der Waals surface area contributed by atoms with Crippen molar-refractivity contribution in [2.24, 2.45) is 5.73 Å². The number of likely N-dealkylation sites (N-methyl/N-ethyl adjacent to an activating group) is 1. The van der Waals surface area contributed by atoms with Crippen molar-refractivity contribution in [3.8, 4) is 0 Å². The molecule has 0 aliphatic carbocycles.